The molecule has 5 rings (SSSR count). The first-order valence-electron chi connectivity index (χ1n) is 10.9. The van der Waals surface area contributed by atoms with Gasteiger partial charge in [-0.3, -0.25) is 4.79 Å². The predicted octanol–water partition coefficient (Wildman–Crippen LogP) is 3.77. The fraction of sp³-hybridized carbons (Fsp3) is 0.333. The van der Waals surface area contributed by atoms with Crippen LogP contribution in [-0.2, 0) is 0 Å². The number of anilines is 1. The minimum Gasteiger partial charge on any atom is -0.423 e. The number of carbonyl (C=O) groups excluding carboxylic acids is 1. The summed E-state index contributed by atoms with van der Waals surface area (Å²) in [6.45, 7) is 8.13. The lowest BCUT2D eigenvalue weighted by Gasteiger charge is -2.27. The van der Waals surface area contributed by atoms with E-state index in [-0.39, 0.29) is 11.9 Å². The van der Waals surface area contributed by atoms with Gasteiger partial charge in [0.2, 0.25) is 0 Å². The number of oxazole rings is 1. The number of carbonyl (C=O) groups is 1. The molecule has 1 fully saturated rings. The van der Waals surface area contributed by atoms with Gasteiger partial charge in [0.05, 0.1) is 23.6 Å². The van der Waals surface area contributed by atoms with Crippen LogP contribution in [0.2, 0.25) is 0 Å². The SMILES string of the molecule is Cc1ccc(-n2nccn2)c(C(=O)N2CCN(c3nc4c(C)cccc4o3)CC[C@H]2C)c1. The summed E-state index contributed by atoms with van der Waals surface area (Å²) in [5, 5.41) is 8.45. The lowest BCUT2D eigenvalue weighted by molar-refractivity contribution is 0.0704. The van der Waals surface area contributed by atoms with Gasteiger partial charge in [0.1, 0.15) is 5.52 Å². The van der Waals surface area contributed by atoms with E-state index in [1.165, 1.54) is 4.80 Å². The van der Waals surface area contributed by atoms with E-state index in [0.717, 1.165) is 35.2 Å². The van der Waals surface area contributed by atoms with Crippen LogP contribution < -0.4 is 4.90 Å². The Kier molecular flexibility index (Phi) is 5.13. The number of benzene rings is 2. The standard InChI is InChI=1S/C24H26N6O2/c1-16-7-8-20(30-25-10-11-26-30)19(15-16)23(31)29-14-13-28(12-9-18(29)3)24-27-22-17(2)5-4-6-21(22)32-24/h4-8,10-11,15,18H,9,12-14H2,1-3H3/t18-/m1/s1. The molecule has 0 aliphatic carbocycles. The van der Waals surface area contributed by atoms with Gasteiger partial charge in [-0.1, -0.05) is 23.8 Å². The number of aryl methyl sites for hydroxylation is 2. The van der Waals surface area contributed by atoms with Crippen LogP contribution in [0.15, 0.2) is 53.2 Å². The van der Waals surface area contributed by atoms with Gasteiger partial charge in [-0.2, -0.15) is 20.0 Å². The third-order valence-corrected chi connectivity index (χ3v) is 6.12. The molecular weight excluding hydrogens is 404 g/mol. The molecule has 2 aromatic carbocycles. The highest BCUT2D eigenvalue weighted by Gasteiger charge is 2.29. The first kappa shape index (κ1) is 20.2. The van der Waals surface area contributed by atoms with E-state index in [1.54, 1.807) is 12.4 Å². The third-order valence-electron chi connectivity index (χ3n) is 6.12. The van der Waals surface area contributed by atoms with Gasteiger partial charge in [-0.25, -0.2) is 0 Å². The van der Waals surface area contributed by atoms with Crippen LogP contribution >= 0.6 is 0 Å². The Hall–Kier alpha value is -3.68. The number of nitrogens with zero attached hydrogens (tertiary/aromatic N) is 6. The molecule has 2 aromatic heterocycles. The quantitative estimate of drug-likeness (QED) is 0.492. The van der Waals surface area contributed by atoms with E-state index in [1.807, 2.05) is 55.1 Å². The second kappa shape index (κ2) is 8.11. The van der Waals surface area contributed by atoms with Gasteiger partial charge >= 0.3 is 0 Å². The van der Waals surface area contributed by atoms with E-state index in [4.69, 9.17) is 9.40 Å². The highest BCUT2D eigenvalue weighted by atomic mass is 16.4. The molecule has 0 unspecified atom stereocenters. The molecule has 1 atom stereocenters. The maximum Gasteiger partial charge on any atom is 0.298 e. The zero-order chi connectivity index (χ0) is 22.2. The van der Waals surface area contributed by atoms with Crippen molar-refractivity contribution in [2.75, 3.05) is 24.5 Å². The molecule has 0 radical (unpaired) electrons. The molecule has 3 heterocycles. The molecule has 1 saturated heterocycles. The number of para-hydroxylation sites is 1. The number of aromatic nitrogens is 4. The number of fused-ring (bicyclic) bond motifs is 1. The fourth-order valence-corrected chi connectivity index (χ4v) is 4.25. The molecule has 1 aliphatic rings. The summed E-state index contributed by atoms with van der Waals surface area (Å²) in [6.07, 6.45) is 4.05. The van der Waals surface area contributed by atoms with Crippen molar-refractivity contribution >= 4 is 23.0 Å². The summed E-state index contributed by atoms with van der Waals surface area (Å²) in [5.74, 6) is -0.0104. The highest BCUT2D eigenvalue weighted by Crippen LogP contribution is 2.27. The van der Waals surface area contributed by atoms with Crippen molar-refractivity contribution in [1.82, 2.24) is 24.9 Å². The summed E-state index contributed by atoms with van der Waals surface area (Å²) in [7, 11) is 0. The molecule has 1 amide bonds. The van der Waals surface area contributed by atoms with Gasteiger partial charge in [0.25, 0.3) is 11.9 Å². The van der Waals surface area contributed by atoms with E-state index in [9.17, 15) is 4.79 Å². The third kappa shape index (κ3) is 3.62. The summed E-state index contributed by atoms with van der Waals surface area (Å²) < 4.78 is 6.03. The monoisotopic (exact) mass is 430 g/mol. The number of amides is 1. The average Bonchev–Trinajstić information content (AvgIpc) is 3.43. The molecule has 8 nitrogen and oxygen atoms in total. The second-order valence-electron chi connectivity index (χ2n) is 8.38. The molecule has 0 spiro atoms. The number of hydrogen-bond acceptors (Lipinski definition) is 6. The molecule has 0 N–H and O–H groups in total. The zero-order valence-electron chi connectivity index (χ0n) is 18.5. The summed E-state index contributed by atoms with van der Waals surface area (Å²) in [6, 6.07) is 12.4. The Labute approximate surface area is 186 Å². The summed E-state index contributed by atoms with van der Waals surface area (Å²) in [4.78, 5) is 24.0. The van der Waals surface area contributed by atoms with Crippen molar-refractivity contribution in [2.45, 2.75) is 33.2 Å². The highest BCUT2D eigenvalue weighted by molar-refractivity contribution is 5.98. The Balaban J connectivity index is 1.41. The Morgan fingerprint density at radius 1 is 1.06 bits per heavy atom. The molecular formula is C24H26N6O2. The second-order valence-corrected chi connectivity index (χ2v) is 8.38. The smallest absolute Gasteiger partial charge is 0.298 e. The van der Waals surface area contributed by atoms with Crippen LogP contribution in [0.1, 0.15) is 34.8 Å². The van der Waals surface area contributed by atoms with Crippen LogP contribution in [0.5, 0.6) is 0 Å². The fourth-order valence-electron chi connectivity index (χ4n) is 4.25. The normalized spacial score (nSPS) is 17.0. The Morgan fingerprint density at radius 3 is 2.66 bits per heavy atom. The first-order valence-corrected chi connectivity index (χ1v) is 10.9. The molecule has 8 heteroatoms. The molecule has 4 aromatic rings. The lowest BCUT2D eigenvalue weighted by atomic mass is 10.1. The zero-order valence-corrected chi connectivity index (χ0v) is 18.5. The van der Waals surface area contributed by atoms with Crippen molar-refractivity contribution in [2.24, 2.45) is 0 Å². The van der Waals surface area contributed by atoms with E-state index in [0.29, 0.717) is 30.4 Å². The predicted molar refractivity (Wildman–Crippen MR) is 122 cm³/mol. The van der Waals surface area contributed by atoms with Gasteiger partial charge in [-0.05, 0) is 51.0 Å². The maximum atomic E-state index is 13.7. The van der Waals surface area contributed by atoms with Gasteiger partial charge in [0, 0.05) is 25.7 Å². The molecule has 32 heavy (non-hydrogen) atoms. The summed E-state index contributed by atoms with van der Waals surface area (Å²) >= 11 is 0. The van der Waals surface area contributed by atoms with Crippen molar-refractivity contribution in [3.63, 3.8) is 0 Å². The van der Waals surface area contributed by atoms with Crippen molar-refractivity contribution < 1.29 is 9.21 Å². The molecule has 0 bridgehead atoms. The van der Waals surface area contributed by atoms with E-state index in [2.05, 4.69) is 22.0 Å². The minimum atomic E-state index is -0.0104. The summed E-state index contributed by atoms with van der Waals surface area (Å²) in [5.41, 5.74) is 5.10. The van der Waals surface area contributed by atoms with Crippen LogP contribution in [0.25, 0.3) is 16.8 Å². The van der Waals surface area contributed by atoms with Gasteiger partial charge in [0.15, 0.2) is 5.58 Å². The van der Waals surface area contributed by atoms with Gasteiger partial charge in [-0.15, -0.1) is 0 Å². The van der Waals surface area contributed by atoms with Crippen LogP contribution in [0, 0.1) is 13.8 Å². The first-order chi connectivity index (χ1) is 15.5. The topological polar surface area (TPSA) is 80.3 Å². The molecule has 1 aliphatic heterocycles. The largest absolute Gasteiger partial charge is 0.423 e. The van der Waals surface area contributed by atoms with E-state index < -0.39 is 0 Å². The van der Waals surface area contributed by atoms with Crippen molar-refractivity contribution in [3.8, 4) is 5.69 Å². The van der Waals surface area contributed by atoms with Crippen LogP contribution in [0.4, 0.5) is 6.01 Å². The molecule has 0 saturated carbocycles. The minimum absolute atomic E-state index is 0.0104. The lowest BCUT2D eigenvalue weighted by Crippen LogP contribution is -2.40. The number of rotatable bonds is 3. The Bertz CT molecular complexity index is 1260. The van der Waals surface area contributed by atoms with Crippen LogP contribution in [0.3, 0.4) is 0 Å². The van der Waals surface area contributed by atoms with Gasteiger partial charge < -0.3 is 14.2 Å². The van der Waals surface area contributed by atoms with Crippen LogP contribution in [-0.4, -0.2) is 56.5 Å². The number of hydrogen-bond donors (Lipinski definition) is 0. The Morgan fingerprint density at radius 2 is 1.88 bits per heavy atom. The average molecular weight is 431 g/mol. The van der Waals surface area contributed by atoms with E-state index >= 15 is 0 Å². The van der Waals surface area contributed by atoms with Crippen molar-refractivity contribution in [1.29, 1.82) is 0 Å². The molecule has 164 valence electrons. The van der Waals surface area contributed by atoms with Crippen molar-refractivity contribution in [3.05, 3.63) is 65.5 Å². The maximum absolute atomic E-state index is 13.7.